The number of hydrogen-bond donors (Lipinski definition) is 0. The summed E-state index contributed by atoms with van der Waals surface area (Å²) in [6.07, 6.45) is 6.23. The molecule has 0 heterocycles. The van der Waals surface area contributed by atoms with Crippen LogP contribution in [0.2, 0.25) is 0 Å². The van der Waals surface area contributed by atoms with Gasteiger partial charge in [-0.3, -0.25) is 0 Å². The third-order valence-corrected chi connectivity index (χ3v) is 4.13. The minimum atomic E-state index is 0.722. The van der Waals surface area contributed by atoms with Crippen molar-refractivity contribution >= 4 is 0 Å². The van der Waals surface area contributed by atoms with Crippen LogP contribution in [0, 0.1) is 29.1 Å². The van der Waals surface area contributed by atoms with Crippen molar-refractivity contribution in [1.29, 1.82) is 0 Å². The average molecular weight is 134 g/mol. The Morgan fingerprint density at radius 2 is 2.10 bits per heavy atom. The van der Waals surface area contributed by atoms with Crippen molar-refractivity contribution in [3.63, 3.8) is 0 Å². The Kier molecular flexibility index (Phi) is 0.657. The molecule has 54 valence electrons. The molecular formula is C10H14. The fraction of sp³-hybridized carbons (Fsp3) is 0.800. The second-order valence-corrected chi connectivity index (χ2v) is 4.78. The molecule has 10 heavy (non-hydrogen) atoms. The maximum atomic E-state index is 2.46. The molecule has 0 aliphatic heterocycles. The van der Waals surface area contributed by atoms with Gasteiger partial charge in [0.2, 0.25) is 0 Å². The molecule has 2 saturated carbocycles. The van der Waals surface area contributed by atoms with Gasteiger partial charge in [0.25, 0.3) is 0 Å². The summed E-state index contributed by atoms with van der Waals surface area (Å²) in [7, 11) is 0. The van der Waals surface area contributed by atoms with E-state index in [0.717, 1.165) is 29.1 Å². The van der Waals surface area contributed by atoms with Gasteiger partial charge in [0, 0.05) is 0 Å². The molecule has 3 aliphatic carbocycles. The SMILES string of the molecule is CC1(C)[C@@H]2[C@H]3C=CC[C@H]3[C@@H]21. The monoisotopic (exact) mass is 134 g/mol. The molecule has 4 atom stereocenters. The molecule has 0 aromatic carbocycles. The Bertz CT molecular complexity index is 212. The minimum Gasteiger partial charge on any atom is -0.0879 e. The van der Waals surface area contributed by atoms with Crippen molar-refractivity contribution in [2.24, 2.45) is 29.1 Å². The smallest absolute Gasteiger partial charge is 0.0163 e. The maximum absolute atomic E-state index is 2.46. The highest BCUT2D eigenvalue weighted by atomic mass is 14.8. The molecule has 3 rings (SSSR count). The highest BCUT2D eigenvalue weighted by Crippen LogP contribution is 2.78. The summed E-state index contributed by atoms with van der Waals surface area (Å²) in [5.74, 6) is 4.25. The third kappa shape index (κ3) is 0.349. The first kappa shape index (κ1) is 5.40. The molecule has 0 spiro atoms. The van der Waals surface area contributed by atoms with Crippen LogP contribution in [0.15, 0.2) is 12.2 Å². The van der Waals surface area contributed by atoms with Crippen LogP contribution < -0.4 is 0 Å². The zero-order valence-corrected chi connectivity index (χ0v) is 6.67. The first-order chi connectivity index (χ1) is 4.73. The standard InChI is InChI=1S/C10H14/c1-10(2)8-6-4-3-5-7(6)9(8)10/h3-4,6-9H,5H2,1-2H3/t6-,7+,8+,9-/m0/s1. The van der Waals surface area contributed by atoms with E-state index in [1.54, 1.807) is 0 Å². The van der Waals surface area contributed by atoms with Crippen LogP contribution in [0.3, 0.4) is 0 Å². The summed E-state index contributed by atoms with van der Waals surface area (Å²) in [5, 5.41) is 0. The molecule has 3 aliphatic rings. The third-order valence-electron chi connectivity index (χ3n) is 4.13. The Morgan fingerprint density at radius 3 is 2.80 bits per heavy atom. The van der Waals surface area contributed by atoms with Crippen molar-refractivity contribution in [1.82, 2.24) is 0 Å². The van der Waals surface area contributed by atoms with Gasteiger partial charge in [-0.05, 0) is 35.5 Å². The van der Waals surface area contributed by atoms with Gasteiger partial charge >= 0.3 is 0 Å². The summed E-state index contributed by atoms with van der Waals surface area (Å²) in [6.45, 7) is 4.88. The van der Waals surface area contributed by atoms with Gasteiger partial charge in [-0.25, -0.2) is 0 Å². The lowest BCUT2D eigenvalue weighted by Crippen LogP contribution is -2.23. The highest BCUT2D eigenvalue weighted by Gasteiger charge is 2.73. The predicted octanol–water partition coefficient (Wildman–Crippen LogP) is 2.46. The van der Waals surface area contributed by atoms with Crippen molar-refractivity contribution < 1.29 is 0 Å². The van der Waals surface area contributed by atoms with Gasteiger partial charge in [0.1, 0.15) is 0 Å². The van der Waals surface area contributed by atoms with Crippen LogP contribution in [0.25, 0.3) is 0 Å². The fourth-order valence-corrected chi connectivity index (χ4v) is 3.59. The number of allylic oxidation sites excluding steroid dienone is 2. The molecule has 0 amide bonds. The Morgan fingerprint density at radius 1 is 1.30 bits per heavy atom. The lowest BCUT2D eigenvalue weighted by Gasteiger charge is -2.28. The lowest BCUT2D eigenvalue weighted by molar-refractivity contribution is 0.224. The summed E-state index contributed by atoms with van der Waals surface area (Å²) >= 11 is 0. The Labute approximate surface area is 62.3 Å². The van der Waals surface area contributed by atoms with Crippen molar-refractivity contribution in [3.05, 3.63) is 12.2 Å². The average Bonchev–Trinajstić information content (AvgIpc) is 2.16. The van der Waals surface area contributed by atoms with Crippen LogP contribution in [-0.4, -0.2) is 0 Å². The normalized spacial score (nSPS) is 59.0. The zero-order valence-electron chi connectivity index (χ0n) is 6.67. The van der Waals surface area contributed by atoms with Crippen LogP contribution >= 0.6 is 0 Å². The van der Waals surface area contributed by atoms with Gasteiger partial charge in [-0.1, -0.05) is 26.0 Å². The molecule has 0 bridgehead atoms. The molecule has 0 aromatic rings. The van der Waals surface area contributed by atoms with E-state index in [2.05, 4.69) is 26.0 Å². The zero-order chi connectivity index (χ0) is 6.93. The number of fused-ring (bicyclic) bond motifs is 4. The van der Waals surface area contributed by atoms with E-state index in [9.17, 15) is 0 Å². The first-order valence-corrected chi connectivity index (χ1v) is 4.39. The van der Waals surface area contributed by atoms with Gasteiger partial charge in [0.15, 0.2) is 0 Å². The van der Waals surface area contributed by atoms with E-state index in [4.69, 9.17) is 0 Å². The molecule has 0 saturated heterocycles. The van der Waals surface area contributed by atoms with E-state index in [-0.39, 0.29) is 0 Å². The van der Waals surface area contributed by atoms with Gasteiger partial charge < -0.3 is 0 Å². The molecule has 0 radical (unpaired) electrons. The van der Waals surface area contributed by atoms with E-state index >= 15 is 0 Å². The van der Waals surface area contributed by atoms with E-state index < -0.39 is 0 Å². The molecule has 0 unspecified atom stereocenters. The fourth-order valence-electron chi connectivity index (χ4n) is 3.59. The van der Waals surface area contributed by atoms with Crippen molar-refractivity contribution in [3.8, 4) is 0 Å². The minimum absolute atomic E-state index is 0.722. The van der Waals surface area contributed by atoms with E-state index in [1.807, 2.05) is 0 Å². The van der Waals surface area contributed by atoms with Crippen LogP contribution in [0.4, 0.5) is 0 Å². The van der Waals surface area contributed by atoms with E-state index in [1.165, 1.54) is 6.42 Å². The summed E-state index contributed by atoms with van der Waals surface area (Å²) < 4.78 is 0. The molecule has 0 nitrogen and oxygen atoms in total. The molecular weight excluding hydrogens is 120 g/mol. The topological polar surface area (TPSA) is 0 Å². The van der Waals surface area contributed by atoms with Crippen molar-refractivity contribution in [2.45, 2.75) is 20.3 Å². The van der Waals surface area contributed by atoms with Gasteiger partial charge in [0.05, 0.1) is 0 Å². The highest BCUT2D eigenvalue weighted by molar-refractivity contribution is 5.28. The lowest BCUT2D eigenvalue weighted by atomic mass is 9.76. The second-order valence-electron chi connectivity index (χ2n) is 4.78. The largest absolute Gasteiger partial charge is 0.0879 e. The first-order valence-electron chi connectivity index (χ1n) is 4.39. The number of hydrogen-bond acceptors (Lipinski definition) is 0. The Balaban J connectivity index is 1.94. The summed E-state index contributed by atoms with van der Waals surface area (Å²) in [6, 6.07) is 0. The number of rotatable bonds is 0. The van der Waals surface area contributed by atoms with Crippen LogP contribution in [0.1, 0.15) is 20.3 Å². The van der Waals surface area contributed by atoms with E-state index in [0.29, 0.717) is 0 Å². The molecule has 0 aromatic heterocycles. The Hall–Kier alpha value is -0.260. The maximum Gasteiger partial charge on any atom is -0.0163 e. The van der Waals surface area contributed by atoms with Crippen molar-refractivity contribution in [2.75, 3.05) is 0 Å². The van der Waals surface area contributed by atoms with Crippen LogP contribution in [-0.2, 0) is 0 Å². The second kappa shape index (κ2) is 1.22. The molecule has 0 N–H and O–H groups in total. The van der Waals surface area contributed by atoms with Crippen LogP contribution in [0.5, 0.6) is 0 Å². The molecule has 0 heteroatoms. The molecule has 2 fully saturated rings. The summed E-state index contributed by atoms with van der Waals surface area (Å²) in [4.78, 5) is 0. The van der Waals surface area contributed by atoms with Gasteiger partial charge in [-0.2, -0.15) is 0 Å². The quantitative estimate of drug-likeness (QED) is 0.446. The van der Waals surface area contributed by atoms with Gasteiger partial charge in [-0.15, -0.1) is 0 Å². The predicted molar refractivity (Wildman–Crippen MR) is 41.5 cm³/mol. The summed E-state index contributed by atoms with van der Waals surface area (Å²) in [5.41, 5.74) is 0.722.